The van der Waals surface area contributed by atoms with Crippen LogP contribution < -0.4 is 10.6 Å². The number of anilines is 2. The van der Waals surface area contributed by atoms with E-state index in [1.54, 1.807) is 24.5 Å². The molecule has 1 heterocycles. The molecule has 92 valence electrons. The van der Waals surface area contributed by atoms with Crippen molar-refractivity contribution in [3.8, 4) is 0 Å². The summed E-state index contributed by atoms with van der Waals surface area (Å²) < 4.78 is 1.14. The number of hydrogen-bond donors (Lipinski definition) is 2. The first-order chi connectivity index (χ1) is 8.65. The minimum Gasteiger partial charge on any atom is -0.308 e. The molecule has 1 aromatic heterocycles. The molecule has 0 saturated carbocycles. The number of aryl methyl sites for hydroxylation is 1. The third-order valence-corrected chi connectivity index (χ3v) is 3.05. The Kier molecular flexibility index (Phi) is 4.14. The van der Waals surface area contributed by atoms with E-state index in [2.05, 4.69) is 38.2 Å². The van der Waals surface area contributed by atoms with Crippen molar-refractivity contribution < 1.29 is 4.79 Å². The van der Waals surface area contributed by atoms with Gasteiger partial charge in [0.05, 0.1) is 0 Å². The lowest BCUT2D eigenvalue weighted by atomic mass is 10.2. The highest BCUT2D eigenvalue weighted by Gasteiger charge is 2.04. The Hall–Kier alpha value is -1.63. The Balaban J connectivity index is 2.03. The van der Waals surface area contributed by atoms with Crippen LogP contribution in [0.15, 0.2) is 42.7 Å². The van der Waals surface area contributed by atoms with Gasteiger partial charge < -0.3 is 10.6 Å². The highest BCUT2D eigenvalue weighted by atomic mass is 127. The van der Waals surface area contributed by atoms with Gasteiger partial charge in [0.15, 0.2) is 0 Å². The molecule has 0 radical (unpaired) electrons. The molecule has 2 amide bonds. The topological polar surface area (TPSA) is 54.0 Å². The van der Waals surface area contributed by atoms with Crippen LogP contribution in [-0.2, 0) is 0 Å². The highest BCUT2D eigenvalue weighted by Crippen LogP contribution is 2.18. The van der Waals surface area contributed by atoms with Crippen LogP contribution in [0.25, 0.3) is 0 Å². The van der Waals surface area contributed by atoms with Gasteiger partial charge >= 0.3 is 6.03 Å². The SMILES string of the molecule is Cc1cc(I)ccc1NC(=O)Nc1ccncc1. The quantitative estimate of drug-likeness (QED) is 0.810. The highest BCUT2D eigenvalue weighted by molar-refractivity contribution is 14.1. The number of aromatic nitrogens is 1. The number of halogens is 1. The van der Waals surface area contributed by atoms with Gasteiger partial charge in [-0.05, 0) is 65.4 Å². The van der Waals surface area contributed by atoms with Crippen molar-refractivity contribution in [2.75, 3.05) is 10.6 Å². The lowest BCUT2D eigenvalue weighted by Gasteiger charge is -2.10. The summed E-state index contributed by atoms with van der Waals surface area (Å²) in [5.74, 6) is 0. The van der Waals surface area contributed by atoms with E-state index < -0.39 is 0 Å². The molecule has 0 saturated heterocycles. The zero-order valence-corrected chi connectivity index (χ0v) is 11.9. The maximum atomic E-state index is 11.8. The Labute approximate surface area is 119 Å². The third-order valence-electron chi connectivity index (χ3n) is 2.37. The van der Waals surface area contributed by atoms with E-state index in [0.29, 0.717) is 5.69 Å². The number of carbonyl (C=O) groups excluding carboxylic acids is 1. The molecule has 5 heteroatoms. The predicted molar refractivity (Wildman–Crippen MR) is 80.8 cm³/mol. The average Bonchev–Trinajstić information content (AvgIpc) is 2.34. The van der Waals surface area contributed by atoms with Gasteiger partial charge in [-0.25, -0.2) is 4.79 Å². The van der Waals surface area contributed by atoms with Crippen LogP contribution in [0.3, 0.4) is 0 Å². The zero-order valence-electron chi connectivity index (χ0n) is 9.77. The fourth-order valence-corrected chi connectivity index (χ4v) is 2.13. The van der Waals surface area contributed by atoms with E-state index in [4.69, 9.17) is 0 Å². The molecule has 4 nitrogen and oxygen atoms in total. The fraction of sp³-hybridized carbons (Fsp3) is 0.0769. The van der Waals surface area contributed by atoms with E-state index in [1.807, 2.05) is 25.1 Å². The first-order valence-corrected chi connectivity index (χ1v) is 6.47. The van der Waals surface area contributed by atoms with Gasteiger partial charge in [-0.1, -0.05) is 0 Å². The van der Waals surface area contributed by atoms with E-state index in [-0.39, 0.29) is 6.03 Å². The number of pyridine rings is 1. The van der Waals surface area contributed by atoms with Crippen molar-refractivity contribution in [2.24, 2.45) is 0 Å². The number of amides is 2. The molecule has 2 rings (SSSR count). The maximum absolute atomic E-state index is 11.8. The van der Waals surface area contributed by atoms with Gasteiger partial charge in [-0.15, -0.1) is 0 Å². The summed E-state index contributed by atoms with van der Waals surface area (Å²) in [6, 6.07) is 9.08. The minimum atomic E-state index is -0.259. The molecular weight excluding hydrogens is 341 g/mol. The van der Waals surface area contributed by atoms with Crippen molar-refractivity contribution in [1.29, 1.82) is 0 Å². The van der Waals surface area contributed by atoms with Gasteiger partial charge in [-0.2, -0.15) is 0 Å². The molecule has 0 aliphatic heterocycles. The summed E-state index contributed by atoms with van der Waals surface area (Å²) >= 11 is 2.24. The Bertz CT molecular complexity index is 557. The van der Waals surface area contributed by atoms with Crippen LogP contribution in [0, 0.1) is 10.5 Å². The monoisotopic (exact) mass is 353 g/mol. The van der Waals surface area contributed by atoms with Gasteiger partial charge in [-0.3, -0.25) is 4.98 Å². The summed E-state index contributed by atoms with van der Waals surface area (Å²) in [5.41, 5.74) is 2.56. The molecule has 18 heavy (non-hydrogen) atoms. The number of nitrogens with zero attached hydrogens (tertiary/aromatic N) is 1. The summed E-state index contributed by atoms with van der Waals surface area (Å²) in [6.45, 7) is 1.96. The third kappa shape index (κ3) is 3.43. The molecule has 0 atom stereocenters. The first-order valence-electron chi connectivity index (χ1n) is 5.39. The molecule has 0 spiro atoms. The van der Waals surface area contributed by atoms with Crippen molar-refractivity contribution in [3.63, 3.8) is 0 Å². The number of rotatable bonds is 2. The smallest absolute Gasteiger partial charge is 0.308 e. The van der Waals surface area contributed by atoms with Gasteiger partial charge in [0.25, 0.3) is 0 Å². The van der Waals surface area contributed by atoms with E-state index >= 15 is 0 Å². The Morgan fingerprint density at radius 2 is 1.89 bits per heavy atom. The molecule has 1 aromatic carbocycles. The van der Waals surface area contributed by atoms with Crippen molar-refractivity contribution in [2.45, 2.75) is 6.92 Å². The maximum Gasteiger partial charge on any atom is 0.323 e. The van der Waals surface area contributed by atoms with Crippen LogP contribution in [0.2, 0.25) is 0 Å². The predicted octanol–water partition coefficient (Wildman–Crippen LogP) is 3.64. The number of carbonyl (C=O) groups is 1. The molecule has 2 aromatic rings. The summed E-state index contributed by atoms with van der Waals surface area (Å²) in [7, 11) is 0. The summed E-state index contributed by atoms with van der Waals surface area (Å²) in [4.78, 5) is 15.7. The van der Waals surface area contributed by atoms with Crippen LogP contribution in [0.5, 0.6) is 0 Å². The number of nitrogens with one attached hydrogen (secondary N) is 2. The zero-order chi connectivity index (χ0) is 13.0. The normalized spacial score (nSPS) is 9.89. The van der Waals surface area contributed by atoms with Gasteiger partial charge in [0, 0.05) is 27.3 Å². The van der Waals surface area contributed by atoms with E-state index in [9.17, 15) is 4.79 Å². The van der Waals surface area contributed by atoms with Crippen LogP contribution in [0.4, 0.5) is 16.2 Å². The second-order valence-electron chi connectivity index (χ2n) is 3.77. The standard InChI is InChI=1S/C13H12IN3O/c1-9-8-10(14)2-3-12(9)17-13(18)16-11-4-6-15-7-5-11/h2-8H,1H3,(H2,15,16,17,18). The second kappa shape index (κ2) is 5.81. The molecular formula is C13H12IN3O. The van der Waals surface area contributed by atoms with Gasteiger partial charge in [0.1, 0.15) is 0 Å². The molecule has 2 N–H and O–H groups in total. The summed E-state index contributed by atoms with van der Waals surface area (Å²) in [5, 5.41) is 5.55. The van der Waals surface area contributed by atoms with E-state index in [1.165, 1.54) is 0 Å². The average molecular weight is 353 g/mol. The molecule has 0 fully saturated rings. The first kappa shape index (κ1) is 12.8. The number of hydrogen-bond acceptors (Lipinski definition) is 2. The van der Waals surface area contributed by atoms with Crippen LogP contribution in [-0.4, -0.2) is 11.0 Å². The Morgan fingerprint density at radius 3 is 2.56 bits per heavy atom. The van der Waals surface area contributed by atoms with Crippen LogP contribution in [0.1, 0.15) is 5.56 Å². The largest absolute Gasteiger partial charge is 0.323 e. The molecule has 0 aliphatic rings. The molecule has 0 aliphatic carbocycles. The second-order valence-corrected chi connectivity index (χ2v) is 5.02. The lowest BCUT2D eigenvalue weighted by molar-refractivity contribution is 0.262. The molecule has 0 unspecified atom stereocenters. The number of urea groups is 1. The van der Waals surface area contributed by atoms with Crippen molar-refractivity contribution in [1.82, 2.24) is 4.98 Å². The van der Waals surface area contributed by atoms with Gasteiger partial charge in [0.2, 0.25) is 0 Å². The lowest BCUT2D eigenvalue weighted by Crippen LogP contribution is -2.19. The fourth-order valence-electron chi connectivity index (χ4n) is 1.49. The number of benzene rings is 1. The van der Waals surface area contributed by atoms with Crippen LogP contribution >= 0.6 is 22.6 Å². The van der Waals surface area contributed by atoms with E-state index in [0.717, 1.165) is 14.8 Å². The Morgan fingerprint density at radius 1 is 1.17 bits per heavy atom. The van der Waals surface area contributed by atoms with Crippen molar-refractivity contribution >= 4 is 40.0 Å². The van der Waals surface area contributed by atoms with Crippen molar-refractivity contribution in [3.05, 3.63) is 51.9 Å². The minimum absolute atomic E-state index is 0.259. The molecule has 0 bridgehead atoms. The summed E-state index contributed by atoms with van der Waals surface area (Å²) in [6.07, 6.45) is 3.26.